The highest BCUT2D eigenvalue weighted by molar-refractivity contribution is 5.99. The van der Waals surface area contributed by atoms with Gasteiger partial charge in [0.2, 0.25) is 5.88 Å². The summed E-state index contributed by atoms with van der Waals surface area (Å²) in [6.45, 7) is 5.77. The van der Waals surface area contributed by atoms with Crippen molar-refractivity contribution >= 4 is 39.1 Å². The van der Waals surface area contributed by atoms with Gasteiger partial charge in [-0.1, -0.05) is 36.4 Å². The first-order valence-corrected chi connectivity index (χ1v) is 22.1. The Balaban J connectivity index is 0.000000182. The van der Waals surface area contributed by atoms with Gasteiger partial charge in [0.25, 0.3) is 0 Å². The first kappa shape index (κ1) is 47.5. The lowest BCUT2D eigenvalue weighted by Crippen LogP contribution is -2.43. The van der Waals surface area contributed by atoms with Gasteiger partial charge in [-0.25, -0.2) is 8.78 Å². The van der Waals surface area contributed by atoms with Crippen LogP contribution in [0, 0.1) is 11.6 Å². The number of nitrogens with zero attached hydrogens (tertiary/aromatic N) is 9. The Labute approximate surface area is 381 Å². The van der Waals surface area contributed by atoms with E-state index in [0.29, 0.717) is 68.7 Å². The van der Waals surface area contributed by atoms with Crippen molar-refractivity contribution in [3.8, 4) is 5.88 Å². The van der Waals surface area contributed by atoms with E-state index in [0.717, 1.165) is 78.7 Å². The third-order valence-corrected chi connectivity index (χ3v) is 12.6. The van der Waals surface area contributed by atoms with Crippen LogP contribution in [-0.2, 0) is 30.2 Å². The van der Waals surface area contributed by atoms with Crippen LogP contribution in [0.3, 0.4) is 0 Å². The summed E-state index contributed by atoms with van der Waals surface area (Å²) in [6.07, 6.45) is -4.51. The van der Waals surface area contributed by atoms with Crippen LogP contribution in [-0.4, -0.2) is 109 Å². The van der Waals surface area contributed by atoms with Gasteiger partial charge in [0.05, 0.1) is 36.8 Å². The fourth-order valence-electron chi connectivity index (χ4n) is 9.01. The molecule has 3 aromatic heterocycles. The minimum absolute atomic E-state index is 0.0385. The molecule has 0 amide bonds. The number of aromatic nitrogens is 5. The summed E-state index contributed by atoms with van der Waals surface area (Å²) in [4.78, 5) is 12.8. The number of halogens is 8. The van der Waals surface area contributed by atoms with Gasteiger partial charge >= 0.3 is 12.4 Å². The predicted octanol–water partition coefficient (Wildman–Crippen LogP) is 8.68. The maximum Gasteiger partial charge on any atom is 0.416 e. The molecule has 67 heavy (non-hydrogen) atoms. The number of alkyl halides is 6. The molecule has 0 saturated carbocycles. The van der Waals surface area contributed by atoms with E-state index >= 15 is 0 Å². The number of fused-ring (bicyclic) bond motifs is 2. The van der Waals surface area contributed by atoms with Gasteiger partial charge in [-0.3, -0.25) is 9.88 Å². The summed E-state index contributed by atoms with van der Waals surface area (Å²) in [6, 6.07) is 17.6. The minimum Gasteiger partial charge on any atom is -0.479 e. The highest BCUT2D eigenvalue weighted by Gasteiger charge is 2.36. The van der Waals surface area contributed by atoms with Crippen LogP contribution in [0.4, 0.5) is 52.6 Å². The Hall–Kier alpha value is -5.99. The van der Waals surface area contributed by atoms with Gasteiger partial charge in [-0.05, 0) is 80.3 Å². The zero-order valence-corrected chi connectivity index (χ0v) is 36.9. The molecule has 12 nitrogen and oxygen atoms in total. The molecule has 0 atom stereocenters. The number of hydrogen-bond acceptors (Lipinski definition) is 12. The zero-order chi connectivity index (χ0) is 47.3. The third kappa shape index (κ3) is 11.1. The topological polar surface area (TPSA) is 108 Å². The molecule has 0 unspecified atom stereocenters. The van der Waals surface area contributed by atoms with Crippen molar-refractivity contribution < 1.29 is 44.6 Å². The van der Waals surface area contributed by atoms with Crippen LogP contribution in [0.2, 0.25) is 0 Å². The molecule has 9 rings (SSSR count). The Bertz CT molecular complexity index is 2630. The smallest absolute Gasteiger partial charge is 0.416 e. The SMILES string of the molecule is COc1nnc(N2CCC(N(C)Cc3ccc(F)cc3C(F)(F)F)CC2)c2ncccc12.Fc1ccc(CNC2CCN(c3nnc(N4CCOCC4)c4ccccc34)CC2)c(C(F)(F)F)c1. The fourth-order valence-corrected chi connectivity index (χ4v) is 9.01. The highest BCUT2D eigenvalue weighted by Crippen LogP contribution is 2.36. The third-order valence-electron chi connectivity index (χ3n) is 12.6. The van der Waals surface area contributed by atoms with E-state index in [1.54, 1.807) is 13.2 Å². The van der Waals surface area contributed by atoms with Crippen LogP contribution >= 0.6 is 0 Å². The van der Waals surface area contributed by atoms with Crippen LogP contribution in [0.25, 0.3) is 21.7 Å². The molecule has 3 fully saturated rings. The van der Waals surface area contributed by atoms with Gasteiger partial charge in [-0.2, -0.15) is 26.3 Å². The second-order valence-corrected chi connectivity index (χ2v) is 16.8. The summed E-state index contributed by atoms with van der Waals surface area (Å²) in [5, 5.41) is 23.7. The van der Waals surface area contributed by atoms with Crippen LogP contribution in [0.1, 0.15) is 47.9 Å². The molecule has 20 heteroatoms. The van der Waals surface area contributed by atoms with E-state index in [4.69, 9.17) is 9.47 Å². The molecular formula is C47H50F8N10O2. The summed E-state index contributed by atoms with van der Waals surface area (Å²) < 4.78 is 117. The molecule has 3 aromatic carbocycles. The van der Waals surface area contributed by atoms with Crippen LogP contribution < -0.4 is 24.8 Å². The normalized spacial score (nSPS) is 16.7. The largest absolute Gasteiger partial charge is 0.479 e. The summed E-state index contributed by atoms with van der Waals surface area (Å²) in [5.41, 5.74) is -1.03. The number of nitrogens with one attached hydrogen (secondary N) is 1. The second-order valence-electron chi connectivity index (χ2n) is 16.8. The highest BCUT2D eigenvalue weighted by atomic mass is 19.4. The van der Waals surface area contributed by atoms with Gasteiger partial charge in [0.15, 0.2) is 17.5 Å². The van der Waals surface area contributed by atoms with E-state index in [9.17, 15) is 35.1 Å². The lowest BCUT2D eigenvalue weighted by Gasteiger charge is -2.37. The molecule has 0 bridgehead atoms. The summed E-state index contributed by atoms with van der Waals surface area (Å²) in [7, 11) is 3.33. The number of pyridine rings is 1. The molecule has 0 aliphatic carbocycles. The summed E-state index contributed by atoms with van der Waals surface area (Å²) in [5.74, 6) is 0.991. The number of ether oxygens (including phenoxy) is 2. The first-order valence-electron chi connectivity index (χ1n) is 22.1. The van der Waals surface area contributed by atoms with E-state index in [-0.39, 0.29) is 36.3 Å². The molecular weight excluding hydrogens is 889 g/mol. The molecule has 0 spiro atoms. The molecule has 6 heterocycles. The van der Waals surface area contributed by atoms with Gasteiger partial charge in [0, 0.05) is 81.4 Å². The second kappa shape index (κ2) is 20.5. The predicted molar refractivity (Wildman–Crippen MR) is 238 cm³/mol. The average molecular weight is 939 g/mol. The Kier molecular flexibility index (Phi) is 14.5. The number of rotatable bonds is 10. The number of benzene rings is 3. The van der Waals surface area contributed by atoms with E-state index in [2.05, 4.69) is 57.5 Å². The van der Waals surface area contributed by atoms with Gasteiger partial charge in [-0.15, -0.1) is 20.4 Å². The van der Waals surface area contributed by atoms with Crippen molar-refractivity contribution in [1.29, 1.82) is 0 Å². The van der Waals surface area contributed by atoms with E-state index in [1.165, 1.54) is 19.2 Å². The molecule has 3 aliphatic heterocycles. The van der Waals surface area contributed by atoms with E-state index in [1.807, 2.05) is 29.2 Å². The minimum atomic E-state index is -4.59. The maximum absolute atomic E-state index is 13.4. The average Bonchev–Trinajstić information content (AvgIpc) is 3.33. The molecule has 0 radical (unpaired) electrons. The van der Waals surface area contributed by atoms with E-state index < -0.39 is 35.1 Å². The Morgan fingerprint density at radius 1 is 0.657 bits per heavy atom. The van der Waals surface area contributed by atoms with Crippen molar-refractivity contribution in [2.45, 2.75) is 63.2 Å². The molecule has 6 aromatic rings. The lowest BCUT2D eigenvalue weighted by molar-refractivity contribution is -0.139. The monoisotopic (exact) mass is 938 g/mol. The fraction of sp³-hybridized carbons (Fsp3) is 0.426. The van der Waals surface area contributed by atoms with Crippen molar-refractivity contribution in [2.24, 2.45) is 0 Å². The molecule has 3 saturated heterocycles. The zero-order valence-electron chi connectivity index (χ0n) is 36.9. The van der Waals surface area contributed by atoms with Crippen molar-refractivity contribution in [3.05, 3.63) is 113 Å². The van der Waals surface area contributed by atoms with Gasteiger partial charge < -0.3 is 29.5 Å². The Morgan fingerprint density at radius 3 is 1.78 bits per heavy atom. The van der Waals surface area contributed by atoms with Crippen molar-refractivity contribution in [2.75, 3.05) is 81.3 Å². The lowest BCUT2D eigenvalue weighted by atomic mass is 10.0. The Morgan fingerprint density at radius 2 is 1.18 bits per heavy atom. The number of anilines is 3. The number of morpholine rings is 1. The van der Waals surface area contributed by atoms with Crippen LogP contribution in [0.15, 0.2) is 79.0 Å². The van der Waals surface area contributed by atoms with Crippen molar-refractivity contribution in [1.82, 2.24) is 35.6 Å². The first-order chi connectivity index (χ1) is 32.2. The van der Waals surface area contributed by atoms with Gasteiger partial charge in [0.1, 0.15) is 17.2 Å². The summed E-state index contributed by atoms with van der Waals surface area (Å²) >= 11 is 0. The number of hydrogen-bond donors (Lipinski definition) is 1. The molecule has 3 aliphatic rings. The number of piperidine rings is 2. The van der Waals surface area contributed by atoms with Crippen LogP contribution in [0.5, 0.6) is 5.88 Å². The van der Waals surface area contributed by atoms with Crippen molar-refractivity contribution in [3.63, 3.8) is 0 Å². The standard InChI is InChI=1S/C25H27F4N5O.C22H23F4N5O/c26-18-6-5-17(22(15-18)25(27,28)29)16-30-19-7-9-33(10-8-19)23-20-3-1-2-4-21(20)24(32-31-23)34-11-13-35-14-12-34;1-30(13-14-5-6-15(23)12-18(14)22(24,25)26)16-7-10-31(11-8-16)20-19-17(4-3-9-27-19)21(32-2)29-28-20/h1-6,15,19,30H,7-14,16H2;3-6,9,12,16H,7-8,10-11,13H2,1-2H3. The number of methoxy groups -OCH3 is 1. The molecule has 1 N–H and O–H groups in total. The molecule has 356 valence electrons. The quantitative estimate of drug-likeness (QED) is 0.133. The maximum atomic E-state index is 13.4.